The molecule has 0 aliphatic carbocycles. The molecule has 0 amide bonds. The molecule has 128 valence electrons. The van der Waals surface area contributed by atoms with E-state index in [9.17, 15) is 0 Å². The van der Waals surface area contributed by atoms with Gasteiger partial charge in [0.05, 0.1) is 26.2 Å². The lowest BCUT2D eigenvalue weighted by Crippen LogP contribution is -2.50. The number of hydrogen-bond acceptors (Lipinski definition) is 3. The average Bonchev–Trinajstić information content (AvgIpc) is 2.53. The van der Waals surface area contributed by atoms with E-state index >= 15 is 0 Å². The first kappa shape index (κ1) is 22.4. The second-order valence-electron chi connectivity index (χ2n) is 5.82. The minimum atomic E-state index is 1.35. The number of rotatable bonds is 12. The van der Waals surface area contributed by atoms with Gasteiger partial charge in [0.2, 0.25) is 0 Å². The van der Waals surface area contributed by atoms with E-state index in [1.165, 1.54) is 82.0 Å². The largest absolute Gasteiger partial charge is 0.773 e. The van der Waals surface area contributed by atoms with Crippen molar-refractivity contribution < 1.29 is 9.69 Å². The number of unbranched alkanes of at least 4 members (excludes halogenated alkanes) is 4. The third kappa shape index (κ3) is 13.9. The molecular formula is C16H37N3O2. The number of hydrogen-bond donors (Lipinski definition) is 1. The monoisotopic (exact) mass is 303 g/mol. The number of quaternary nitrogens is 1. The maximum Gasteiger partial charge on any atom is 0.0786 e. The third-order valence-electron chi connectivity index (χ3n) is 3.98. The molecule has 0 bridgehead atoms. The van der Waals surface area contributed by atoms with Crippen LogP contribution in [0.1, 0.15) is 79.1 Å². The van der Waals surface area contributed by atoms with Gasteiger partial charge >= 0.3 is 0 Å². The Labute approximate surface area is 131 Å². The summed E-state index contributed by atoms with van der Waals surface area (Å²) in [7, 11) is 0. The molecule has 0 aliphatic rings. The number of nitrogens with zero attached hydrogens (tertiary/aromatic N) is 3. The molecule has 5 nitrogen and oxygen atoms in total. The van der Waals surface area contributed by atoms with Crippen molar-refractivity contribution in [2.45, 2.75) is 79.1 Å². The van der Waals surface area contributed by atoms with Crippen molar-refractivity contribution >= 4 is 0 Å². The fourth-order valence-electron chi connectivity index (χ4n) is 2.64. The van der Waals surface area contributed by atoms with Gasteiger partial charge in [-0.05, 0) is 25.7 Å². The van der Waals surface area contributed by atoms with E-state index in [2.05, 4.69) is 27.7 Å². The van der Waals surface area contributed by atoms with Crippen molar-refractivity contribution in [2.75, 3.05) is 26.2 Å². The summed E-state index contributed by atoms with van der Waals surface area (Å²) in [6.07, 6.45) is 11.1. The van der Waals surface area contributed by atoms with Crippen LogP contribution in [0.5, 0.6) is 0 Å². The summed E-state index contributed by atoms with van der Waals surface area (Å²) >= 11 is 0. The van der Waals surface area contributed by atoms with Crippen LogP contribution in [0.3, 0.4) is 0 Å². The quantitative estimate of drug-likeness (QED) is 0.301. The zero-order chi connectivity index (χ0) is 16.4. The Kier molecular flexibility index (Phi) is 18.4. The van der Waals surface area contributed by atoms with Crippen molar-refractivity contribution in [3.63, 3.8) is 0 Å². The van der Waals surface area contributed by atoms with E-state index in [1.54, 1.807) is 10.6 Å². The topological polar surface area (TPSA) is 68.0 Å². The van der Waals surface area contributed by atoms with Crippen LogP contribution in [0.15, 0.2) is 10.6 Å². The average molecular weight is 303 g/mol. The molecule has 0 aromatic heterocycles. The van der Waals surface area contributed by atoms with E-state index in [4.69, 9.17) is 10.4 Å². The molecule has 0 atom stereocenters. The van der Waals surface area contributed by atoms with Crippen molar-refractivity contribution in [1.29, 1.82) is 0 Å². The lowest BCUT2D eigenvalue weighted by atomic mass is 10.1. The van der Waals surface area contributed by atoms with Crippen molar-refractivity contribution in [3.05, 3.63) is 5.21 Å². The minimum Gasteiger partial charge on any atom is -0.773 e. The SMILES string of the molecule is CCCC[N+](CCCC)(CCCC)CCCC.[O-]N=NO. The molecule has 0 spiro atoms. The van der Waals surface area contributed by atoms with Gasteiger partial charge in [-0.25, -0.2) is 0 Å². The minimum absolute atomic E-state index is 1.35. The first-order chi connectivity index (χ1) is 10.2. The van der Waals surface area contributed by atoms with E-state index in [1.807, 2.05) is 0 Å². The third-order valence-corrected chi connectivity index (χ3v) is 3.98. The molecule has 0 aliphatic heterocycles. The van der Waals surface area contributed by atoms with Crippen LogP contribution >= 0.6 is 0 Å². The summed E-state index contributed by atoms with van der Waals surface area (Å²) in [5, 5.41) is 19.0. The van der Waals surface area contributed by atoms with Crippen LogP contribution in [-0.4, -0.2) is 35.9 Å². The highest BCUT2D eigenvalue weighted by Gasteiger charge is 2.24. The molecule has 0 rings (SSSR count). The second kappa shape index (κ2) is 17.2. The van der Waals surface area contributed by atoms with Crippen LogP contribution < -0.4 is 0 Å². The standard InChI is InChI=1S/C16H36N.H2N2O2/c1-5-9-13-17(14-10-6-2,15-11-7-3)16-12-8-4;3-1-2-4/h5-16H2,1-4H3;(H,1,4)(H,2,3)/q+1;/p-1. The second-order valence-corrected chi connectivity index (χ2v) is 5.82. The molecule has 0 heterocycles. The van der Waals surface area contributed by atoms with Gasteiger partial charge in [-0.3, -0.25) is 0 Å². The van der Waals surface area contributed by atoms with Crippen LogP contribution in [0.25, 0.3) is 0 Å². The lowest BCUT2D eigenvalue weighted by molar-refractivity contribution is -0.929. The highest BCUT2D eigenvalue weighted by Crippen LogP contribution is 2.16. The predicted molar refractivity (Wildman–Crippen MR) is 89.4 cm³/mol. The lowest BCUT2D eigenvalue weighted by Gasteiger charge is -2.39. The van der Waals surface area contributed by atoms with Gasteiger partial charge in [0.25, 0.3) is 0 Å². The summed E-state index contributed by atoms with van der Waals surface area (Å²) in [4.78, 5) is 0. The molecule has 0 unspecified atom stereocenters. The Morgan fingerprint density at radius 1 is 0.714 bits per heavy atom. The Bertz CT molecular complexity index is 182. The summed E-state index contributed by atoms with van der Waals surface area (Å²) in [6, 6.07) is 0. The summed E-state index contributed by atoms with van der Waals surface area (Å²) in [5.74, 6) is 0. The first-order valence-corrected chi connectivity index (χ1v) is 8.68. The van der Waals surface area contributed by atoms with Crippen molar-refractivity contribution in [2.24, 2.45) is 10.6 Å². The Hall–Kier alpha value is -0.840. The maximum absolute atomic E-state index is 8.51. The molecule has 0 fully saturated rings. The Morgan fingerprint density at radius 3 is 1.10 bits per heavy atom. The van der Waals surface area contributed by atoms with Crippen LogP contribution in [0.4, 0.5) is 0 Å². The molecule has 5 heteroatoms. The molecule has 0 saturated carbocycles. The van der Waals surface area contributed by atoms with Crippen molar-refractivity contribution in [1.82, 2.24) is 0 Å². The van der Waals surface area contributed by atoms with E-state index in [-0.39, 0.29) is 0 Å². The van der Waals surface area contributed by atoms with Gasteiger partial charge in [0, 0.05) is 5.28 Å². The summed E-state index contributed by atoms with van der Waals surface area (Å²) in [6.45, 7) is 15.0. The maximum atomic E-state index is 8.51. The van der Waals surface area contributed by atoms with E-state index < -0.39 is 0 Å². The van der Waals surface area contributed by atoms with Gasteiger partial charge in [0.15, 0.2) is 0 Å². The van der Waals surface area contributed by atoms with E-state index in [0.717, 1.165) is 0 Å². The van der Waals surface area contributed by atoms with Gasteiger partial charge in [-0.2, -0.15) is 5.28 Å². The zero-order valence-corrected chi connectivity index (χ0v) is 14.7. The molecular weight excluding hydrogens is 266 g/mol. The zero-order valence-electron chi connectivity index (χ0n) is 14.7. The van der Waals surface area contributed by atoms with Crippen LogP contribution in [0.2, 0.25) is 0 Å². The molecule has 21 heavy (non-hydrogen) atoms. The fraction of sp³-hybridized carbons (Fsp3) is 1.00. The molecule has 1 N–H and O–H groups in total. The summed E-state index contributed by atoms with van der Waals surface area (Å²) in [5.41, 5.74) is 0. The smallest absolute Gasteiger partial charge is 0.0786 e. The van der Waals surface area contributed by atoms with E-state index in [0.29, 0.717) is 0 Å². The Balaban J connectivity index is 0. The van der Waals surface area contributed by atoms with Crippen LogP contribution in [-0.2, 0) is 0 Å². The highest BCUT2D eigenvalue weighted by molar-refractivity contribution is 4.49. The molecule has 0 aromatic carbocycles. The van der Waals surface area contributed by atoms with Gasteiger partial charge in [0.1, 0.15) is 0 Å². The first-order valence-electron chi connectivity index (χ1n) is 8.68. The Morgan fingerprint density at radius 2 is 0.952 bits per heavy atom. The fourth-order valence-corrected chi connectivity index (χ4v) is 2.64. The molecule has 0 radical (unpaired) electrons. The van der Waals surface area contributed by atoms with Gasteiger partial charge < -0.3 is 14.9 Å². The van der Waals surface area contributed by atoms with Gasteiger partial charge in [-0.15, -0.1) is 0 Å². The summed E-state index contributed by atoms with van der Waals surface area (Å²) < 4.78 is 1.42. The predicted octanol–water partition coefficient (Wildman–Crippen LogP) is 5.33. The highest BCUT2D eigenvalue weighted by atomic mass is 16.5. The normalized spacial score (nSPS) is 11.4. The van der Waals surface area contributed by atoms with Crippen molar-refractivity contribution in [3.8, 4) is 0 Å². The molecule has 0 saturated heterocycles. The molecule has 0 aromatic rings. The van der Waals surface area contributed by atoms with Crippen LogP contribution in [0, 0.1) is 5.21 Å². The van der Waals surface area contributed by atoms with Gasteiger partial charge in [-0.1, -0.05) is 53.4 Å².